The van der Waals surface area contributed by atoms with Crippen LogP contribution in [0.5, 0.6) is 11.5 Å². The molecule has 0 saturated heterocycles. The van der Waals surface area contributed by atoms with Gasteiger partial charge < -0.3 is 18.8 Å². The van der Waals surface area contributed by atoms with Gasteiger partial charge in [0.1, 0.15) is 11.5 Å². The summed E-state index contributed by atoms with van der Waals surface area (Å²) < 4.78 is 19.8. The van der Waals surface area contributed by atoms with E-state index in [1.165, 1.54) is 11.3 Å². The van der Waals surface area contributed by atoms with Crippen LogP contribution < -0.4 is 14.3 Å². The first kappa shape index (κ1) is 19.6. The van der Waals surface area contributed by atoms with Gasteiger partial charge in [-0.2, -0.15) is 4.99 Å². The van der Waals surface area contributed by atoms with E-state index in [4.69, 9.17) is 14.2 Å². The Bertz CT molecular complexity index is 995. The van der Waals surface area contributed by atoms with Crippen LogP contribution in [0.4, 0.5) is 0 Å². The highest BCUT2D eigenvalue weighted by Gasteiger charge is 2.09. The van der Waals surface area contributed by atoms with Gasteiger partial charge in [0, 0.05) is 18.1 Å². The van der Waals surface area contributed by atoms with Gasteiger partial charge in [-0.05, 0) is 42.5 Å². The first-order chi connectivity index (χ1) is 13.1. The van der Waals surface area contributed by atoms with Gasteiger partial charge in [-0.15, -0.1) is 0 Å². The zero-order chi connectivity index (χ0) is 19.2. The Kier molecular flexibility index (Phi) is 6.65. The zero-order valence-corrected chi connectivity index (χ0v) is 17.4. The third-order valence-electron chi connectivity index (χ3n) is 3.81. The maximum absolute atomic E-state index is 12.3. The molecular formula is C19H19BrN2O4S. The van der Waals surface area contributed by atoms with E-state index in [0.29, 0.717) is 23.7 Å². The minimum Gasteiger partial charge on any atom is -0.497 e. The SMILES string of the molecule is COCCn1c(=NC(=O)COc2ccc(OC)cc2)sc2cc(Br)ccc21. The summed E-state index contributed by atoms with van der Waals surface area (Å²) in [5, 5.41) is 0. The fraction of sp³-hybridized carbons (Fsp3) is 0.263. The molecule has 3 rings (SSSR count). The number of amides is 1. The largest absolute Gasteiger partial charge is 0.497 e. The Balaban J connectivity index is 1.81. The van der Waals surface area contributed by atoms with Crippen molar-refractivity contribution < 1.29 is 19.0 Å². The van der Waals surface area contributed by atoms with E-state index in [1.807, 2.05) is 22.8 Å². The molecule has 142 valence electrons. The fourth-order valence-electron chi connectivity index (χ4n) is 2.49. The average molecular weight is 451 g/mol. The average Bonchev–Trinajstić information content (AvgIpc) is 3.00. The highest BCUT2D eigenvalue weighted by molar-refractivity contribution is 9.10. The summed E-state index contributed by atoms with van der Waals surface area (Å²) in [6.07, 6.45) is 0. The lowest BCUT2D eigenvalue weighted by atomic mass is 10.3. The van der Waals surface area contributed by atoms with Crippen LogP contribution in [0.25, 0.3) is 10.2 Å². The number of fused-ring (bicyclic) bond motifs is 1. The van der Waals surface area contributed by atoms with Gasteiger partial charge in [0.15, 0.2) is 11.4 Å². The number of halogens is 1. The molecule has 0 unspecified atom stereocenters. The maximum atomic E-state index is 12.3. The van der Waals surface area contributed by atoms with Crippen LogP contribution in [-0.2, 0) is 16.1 Å². The summed E-state index contributed by atoms with van der Waals surface area (Å²) in [6.45, 7) is 1.02. The van der Waals surface area contributed by atoms with Crippen molar-refractivity contribution in [1.82, 2.24) is 4.57 Å². The number of hydrogen-bond acceptors (Lipinski definition) is 5. The van der Waals surface area contributed by atoms with Crippen molar-refractivity contribution in [1.29, 1.82) is 0 Å². The van der Waals surface area contributed by atoms with Crippen molar-refractivity contribution in [2.45, 2.75) is 6.54 Å². The molecule has 0 radical (unpaired) electrons. The van der Waals surface area contributed by atoms with E-state index >= 15 is 0 Å². The van der Waals surface area contributed by atoms with E-state index in [2.05, 4.69) is 20.9 Å². The van der Waals surface area contributed by atoms with Gasteiger partial charge in [-0.1, -0.05) is 27.3 Å². The number of thiazole rings is 1. The topological polar surface area (TPSA) is 62.1 Å². The third-order valence-corrected chi connectivity index (χ3v) is 5.34. The van der Waals surface area contributed by atoms with Crippen LogP contribution in [0, 0.1) is 0 Å². The van der Waals surface area contributed by atoms with Gasteiger partial charge in [0.25, 0.3) is 5.91 Å². The Labute approximate surface area is 169 Å². The molecule has 0 spiro atoms. The minimum atomic E-state index is -0.345. The van der Waals surface area contributed by atoms with Crippen LogP contribution in [0.2, 0.25) is 0 Å². The molecule has 2 aromatic carbocycles. The molecule has 1 aromatic heterocycles. The smallest absolute Gasteiger partial charge is 0.286 e. The zero-order valence-electron chi connectivity index (χ0n) is 15.0. The molecule has 3 aromatic rings. The van der Waals surface area contributed by atoms with Crippen molar-refractivity contribution in [3.8, 4) is 11.5 Å². The third kappa shape index (κ3) is 4.97. The van der Waals surface area contributed by atoms with E-state index in [9.17, 15) is 4.79 Å². The lowest BCUT2D eigenvalue weighted by Crippen LogP contribution is -2.21. The molecular weight excluding hydrogens is 432 g/mol. The van der Waals surface area contributed by atoms with Crippen LogP contribution in [0.15, 0.2) is 51.9 Å². The van der Waals surface area contributed by atoms with Crippen LogP contribution in [0.1, 0.15) is 0 Å². The second kappa shape index (κ2) is 9.16. The summed E-state index contributed by atoms with van der Waals surface area (Å²) >= 11 is 4.94. The van der Waals surface area contributed by atoms with E-state index in [1.54, 1.807) is 38.5 Å². The number of rotatable bonds is 7. The predicted octanol–water partition coefficient (Wildman–Crippen LogP) is 3.63. The Morgan fingerprint density at radius 2 is 1.89 bits per heavy atom. The number of carbonyl (C=O) groups excluding carboxylic acids is 1. The van der Waals surface area contributed by atoms with E-state index in [-0.39, 0.29) is 12.5 Å². The van der Waals surface area contributed by atoms with Crippen molar-refractivity contribution in [2.75, 3.05) is 27.4 Å². The van der Waals surface area contributed by atoms with Crippen molar-refractivity contribution in [2.24, 2.45) is 4.99 Å². The van der Waals surface area contributed by atoms with Crippen LogP contribution in [0.3, 0.4) is 0 Å². The Hall–Kier alpha value is -2.16. The quantitative estimate of drug-likeness (QED) is 0.551. The lowest BCUT2D eigenvalue weighted by molar-refractivity contribution is -0.120. The van der Waals surface area contributed by atoms with Gasteiger partial charge in [0.05, 0.1) is 23.9 Å². The number of benzene rings is 2. The number of nitrogens with zero attached hydrogens (tertiary/aromatic N) is 2. The molecule has 0 fully saturated rings. The molecule has 0 aliphatic carbocycles. The second-order valence-electron chi connectivity index (χ2n) is 5.61. The van der Waals surface area contributed by atoms with Crippen molar-refractivity contribution in [3.05, 3.63) is 51.7 Å². The molecule has 1 heterocycles. The van der Waals surface area contributed by atoms with Gasteiger partial charge in [-0.3, -0.25) is 4.79 Å². The fourth-order valence-corrected chi connectivity index (χ4v) is 4.11. The van der Waals surface area contributed by atoms with Crippen molar-refractivity contribution >= 4 is 43.4 Å². The summed E-state index contributed by atoms with van der Waals surface area (Å²) in [6, 6.07) is 13.0. The lowest BCUT2D eigenvalue weighted by Gasteiger charge is -2.05. The maximum Gasteiger partial charge on any atom is 0.286 e. The molecule has 27 heavy (non-hydrogen) atoms. The Morgan fingerprint density at radius 3 is 2.59 bits per heavy atom. The van der Waals surface area contributed by atoms with Crippen molar-refractivity contribution in [3.63, 3.8) is 0 Å². The monoisotopic (exact) mass is 450 g/mol. The van der Waals surface area contributed by atoms with Gasteiger partial charge >= 0.3 is 0 Å². The summed E-state index contributed by atoms with van der Waals surface area (Å²) in [5.41, 5.74) is 1.02. The highest BCUT2D eigenvalue weighted by Crippen LogP contribution is 2.22. The van der Waals surface area contributed by atoms with E-state index in [0.717, 1.165) is 20.4 Å². The first-order valence-electron chi connectivity index (χ1n) is 8.23. The molecule has 0 aliphatic rings. The standard InChI is InChI=1S/C19H19BrN2O4S/c1-24-10-9-22-16-8-3-13(20)11-17(16)27-19(22)21-18(23)12-26-15-6-4-14(25-2)5-7-15/h3-8,11H,9-10,12H2,1-2H3. The predicted molar refractivity (Wildman–Crippen MR) is 108 cm³/mol. The second-order valence-corrected chi connectivity index (χ2v) is 7.54. The minimum absolute atomic E-state index is 0.130. The summed E-state index contributed by atoms with van der Waals surface area (Å²) in [7, 11) is 3.25. The molecule has 0 bridgehead atoms. The molecule has 0 aliphatic heterocycles. The molecule has 0 N–H and O–H groups in total. The van der Waals surface area contributed by atoms with Crippen LogP contribution >= 0.6 is 27.3 Å². The number of hydrogen-bond donors (Lipinski definition) is 0. The summed E-state index contributed by atoms with van der Waals surface area (Å²) in [5.74, 6) is 0.975. The summed E-state index contributed by atoms with van der Waals surface area (Å²) in [4.78, 5) is 17.2. The Morgan fingerprint density at radius 1 is 1.15 bits per heavy atom. The molecule has 1 amide bonds. The highest BCUT2D eigenvalue weighted by atomic mass is 79.9. The van der Waals surface area contributed by atoms with Crippen LogP contribution in [-0.4, -0.2) is 37.9 Å². The first-order valence-corrected chi connectivity index (χ1v) is 9.84. The van der Waals surface area contributed by atoms with E-state index < -0.39 is 0 Å². The van der Waals surface area contributed by atoms with Gasteiger partial charge in [-0.25, -0.2) is 0 Å². The normalized spacial score (nSPS) is 11.7. The molecule has 8 heteroatoms. The molecule has 0 saturated carbocycles. The molecule has 6 nitrogen and oxygen atoms in total. The van der Waals surface area contributed by atoms with Gasteiger partial charge in [0.2, 0.25) is 0 Å². The number of aromatic nitrogens is 1. The number of carbonyl (C=O) groups is 1. The number of methoxy groups -OCH3 is 2. The number of ether oxygens (including phenoxy) is 3. The molecule has 0 atom stereocenters.